The van der Waals surface area contributed by atoms with Gasteiger partial charge in [0.05, 0.1) is 18.2 Å². The van der Waals surface area contributed by atoms with Gasteiger partial charge in [-0.05, 0) is 29.3 Å². The fourth-order valence-corrected chi connectivity index (χ4v) is 3.76. The third kappa shape index (κ3) is 3.95. The van der Waals surface area contributed by atoms with Crippen molar-refractivity contribution in [2.24, 2.45) is 0 Å². The molecule has 1 aliphatic carbocycles. The number of esters is 1. The number of hydrogen-bond acceptors (Lipinski definition) is 7. The van der Waals surface area contributed by atoms with Gasteiger partial charge in [0, 0.05) is 17.7 Å². The van der Waals surface area contributed by atoms with Gasteiger partial charge in [-0.2, -0.15) is 0 Å². The summed E-state index contributed by atoms with van der Waals surface area (Å²) in [6.07, 6.45) is 0. The second-order valence-electron chi connectivity index (χ2n) is 7.14. The van der Waals surface area contributed by atoms with E-state index in [0.717, 1.165) is 0 Å². The lowest BCUT2D eigenvalue weighted by atomic mass is 9.82. The van der Waals surface area contributed by atoms with Crippen molar-refractivity contribution in [3.8, 4) is 11.5 Å². The van der Waals surface area contributed by atoms with E-state index < -0.39 is 23.6 Å². The van der Waals surface area contributed by atoms with Crippen LogP contribution in [0.25, 0.3) is 0 Å². The maximum atomic E-state index is 13.0. The number of carbonyl (C=O) groups is 3. The molecule has 0 heterocycles. The van der Waals surface area contributed by atoms with E-state index in [9.17, 15) is 24.6 Å². The number of ether oxygens (including phenoxy) is 1. The van der Waals surface area contributed by atoms with Crippen molar-refractivity contribution < 1.29 is 29.3 Å². The van der Waals surface area contributed by atoms with Gasteiger partial charge in [0.1, 0.15) is 17.5 Å². The van der Waals surface area contributed by atoms with Crippen LogP contribution < -0.4 is 5.32 Å². The van der Waals surface area contributed by atoms with Crippen LogP contribution in [-0.2, 0) is 16.1 Å². The van der Waals surface area contributed by atoms with Crippen LogP contribution in [0.3, 0.4) is 0 Å². The van der Waals surface area contributed by atoms with Gasteiger partial charge in [-0.3, -0.25) is 14.9 Å². The van der Waals surface area contributed by atoms with E-state index in [2.05, 4.69) is 5.32 Å². The second kappa shape index (κ2) is 9.21. The molecule has 1 atom stereocenters. The number of hydrogen-bond donors (Lipinski definition) is 3. The molecule has 0 radical (unpaired) electrons. The van der Waals surface area contributed by atoms with E-state index in [4.69, 9.17) is 4.74 Å². The number of fused-ring (bicyclic) bond motifs is 2. The summed E-state index contributed by atoms with van der Waals surface area (Å²) >= 11 is 0. The zero-order chi connectivity index (χ0) is 22.1. The van der Waals surface area contributed by atoms with E-state index in [-0.39, 0.29) is 52.7 Å². The van der Waals surface area contributed by atoms with Crippen LogP contribution in [0.5, 0.6) is 11.5 Å². The SMILES string of the molecule is COC(=O)[C@@H](NCc1cc(O)c2c(c1)C(=O)c1cccc(O)c1C2=O)c1ccccc1.Cl. The lowest BCUT2D eigenvalue weighted by Crippen LogP contribution is -2.29. The lowest BCUT2D eigenvalue weighted by molar-refractivity contribution is -0.143. The molecule has 0 amide bonds. The minimum absolute atomic E-state index is 0. The summed E-state index contributed by atoms with van der Waals surface area (Å²) in [6.45, 7) is 0.129. The average Bonchev–Trinajstić information content (AvgIpc) is 2.77. The monoisotopic (exact) mass is 453 g/mol. The van der Waals surface area contributed by atoms with E-state index in [1.807, 2.05) is 6.07 Å². The highest BCUT2D eigenvalue weighted by Crippen LogP contribution is 2.37. The molecule has 32 heavy (non-hydrogen) atoms. The maximum Gasteiger partial charge on any atom is 0.327 e. The van der Waals surface area contributed by atoms with Gasteiger partial charge >= 0.3 is 5.97 Å². The summed E-state index contributed by atoms with van der Waals surface area (Å²) in [5.74, 6) is -2.24. The first-order valence-electron chi connectivity index (χ1n) is 9.55. The molecule has 7 nitrogen and oxygen atoms in total. The number of carbonyl (C=O) groups excluding carboxylic acids is 3. The van der Waals surface area contributed by atoms with Crippen LogP contribution in [0.2, 0.25) is 0 Å². The fourth-order valence-electron chi connectivity index (χ4n) is 3.76. The lowest BCUT2D eigenvalue weighted by Gasteiger charge is -2.21. The molecular weight excluding hydrogens is 434 g/mol. The molecule has 0 saturated carbocycles. The molecule has 8 heteroatoms. The number of halogens is 1. The van der Waals surface area contributed by atoms with Crippen LogP contribution in [0, 0.1) is 0 Å². The molecule has 0 spiro atoms. The number of phenolic OH excluding ortho intramolecular Hbond substituents is 2. The maximum absolute atomic E-state index is 13.0. The first-order valence-corrected chi connectivity index (χ1v) is 9.55. The first-order chi connectivity index (χ1) is 14.9. The van der Waals surface area contributed by atoms with Crippen molar-refractivity contribution in [1.82, 2.24) is 5.32 Å². The molecule has 3 aromatic carbocycles. The highest BCUT2D eigenvalue weighted by Gasteiger charge is 2.34. The summed E-state index contributed by atoms with van der Waals surface area (Å²) in [6, 6.07) is 15.4. The molecule has 0 fully saturated rings. The molecule has 4 rings (SSSR count). The van der Waals surface area contributed by atoms with E-state index in [0.29, 0.717) is 11.1 Å². The van der Waals surface area contributed by atoms with Gasteiger partial charge in [0.15, 0.2) is 5.78 Å². The predicted molar refractivity (Wildman–Crippen MR) is 118 cm³/mol. The molecule has 0 aliphatic heterocycles. The minimum atomic E-state index is -0.751. The zero-order valence-electron chi connectivity index (χ0n) is 17.0. The Morgan fingerprint density at radius 1 is 0.906 bits per heavy atom. The smallest absolute Gasteiger partial charge is 0.327 e. The predicted octanol–water partition coefficient (Wildman–Crippen LogP) is 3.30. The van der Waals surface area contributed by atoms with E-state index in [1.54, 1.807) is 24.3 Å². The molecule has 1 aliphatic rings. The van der Waals surface area contributed by atoms with Crippen molar-refractivity contribution in [2.75, 3.05) is 7.11 Å². The second-order valence-corrected chi connectivity index (χ2v) is 7.14. The quantitative estimate of drug-likeness (QED) is 0.397. The Labute approximate surface area is 190 Å². The van der Waals surface area contributed by atoms with Crippen LogP contribution >= 0.6 is 12.4 Å². The molecule has 0 aromatic heterocycles. The Bertz CT molecular complexity index is 1210. The normalized spacial score (nSPS) is 12.9. The summed E-state index contributed by atoms with van der Waals surface area (Å²) in [4.78, 5) is 38.0. The third-order valence-electron chi connectivity index (χ3n) is 5.24. The number of nitrogens with one attached hydrogen (secondary N) is 1. The van der Waals surface area contributed by atoms with Crippen LogP contribution in [0.1, 0.15) is 49.0 Å². The molecule has 0 bridgehead atoms. The average molecular weight is 454 g/mol. The summed E-state index contributed by atoms with van der Waals surface area (Å²) in [5.41, 5.74) is 1.08. The highest BCUT2D eigenvalue weighted by atomic mass is 35.5. The molecular formula is C24H20ClNO6. The van der Waals surface area contributed by atoms with E-state index >= 15 is 0 Å². The largest absolute Gasteiger partial charge is 0.507 e. The standard InChI is InChI=1S/C24H19NO6.ClH/c1-31-24(30)21(14-6-3-2-4-7-14)25-12-13-10-16-20(18(27)11-13)23(29)19-15(22(16)28)8-5-9-17(19)26;/h2-11,21,25-27H,12H2,1H3;1H/t21-;/m0./s1. The van der Waals surface area contributed by atoms with Gasteiger partial charge in [-0.1, -0.05) is 42.5 Å². The van der Waals surface area contributed by atoms with Crippen molar-refractivity contribution >= 4 is 29.9 Å². The van der Waals surface area contributed by atoms with Crippen molar-refractivity contribution in [2.45, 2.75) is 12.6 Å². The summed E-state index contributed by atoms with van der Waals surface area (Å²) in [7, 11) is 1.29. The zero-order valence-corrected chi connectivity index (χ0v) is 17.8. The molecule has 164 valence electrons. The Balaban J connectivity index is 0.00000289. The number of phenols is 2. The highest BCUT2D eigenvalue weighted by molar-refractivity contribution is 6.30. The number of methoxy groups -OCH3 is 1. The van der Waals surface area contributed by atoms with Crippen LogP contribution in [0.4, 0.5) is 0 Å². The molecule has 3 aromatic rings. The number of aromatic hydroxyl groups is 2. The van der Waals surface area contributed by atoms with Gasteiger partial charge < -0.3 is 14.9 Å². The van der Waals surface area contributed by atoms with Crippen LogP contribution in [-0.4, -0.2) is 34.9 Å². The molecule has 3 N–H and O–H groups in total. The molecule has 0 unspecified atom stereocenters. The Kier molecular flexibility index (Phi) is 6.62. The number of ketones is 2. The molecule has 0 saturated heterocycles. The van der Waals surface area contributed by atoms with Crippen LogP contribution in [0.15, 0.2) is 60.7 Å². The Morgan fingerprint density at radius 2 is 1.59 bits per heavy atom. The summed E-state index contributed by atoms with van der Waals surface area (Å²) in [5, 5.41) is 23.6. The van der Waals surface area contributed by atoms with E-state index in [1.165, 1.54) is 37.4 Å². The van der Waals surface area contributed by atoms with Gasteiger partial charge in [-0.25, -0.2) is 4.79 Å². The minimum Gasteiger partial charge on any atom is -0.507 e. The topological polar surface area (TPSA) is 113 Å². The number of benzene rings is 3. The van der Waals surface area contributed by atoms with Gasteiger partial charge in [-0.15, -0.1) is 12.4 Å². The first kappa shape index (κ1) is 23.0. The van der Waals surface area contributed by atoms with Gasteiger partial charge in [0.2, 0.25) is 5.78 Å². The van der Waals surface area contributed by atoms with Crippen molar-refractivity contribution in [3.05, 3.63) is 94.0 Å². The number of rotatable bonds is 5. The Hall–Kier alpha value is -3.68. The van der Waals surface area contributed by atoms with Crippen molar-refractivity contribution in [1.29, 1.82) is 0 Å². The third-order valence-corrected chi connectivity index (χ3v) is 5.24. The van der Waals surface area contributed by atoms with Crippen molar-refractivity contribution in [3.63, 3.8) is 0 Å². The Morgan fingerprint density at radius 3 is 2.28 bits per heavy atom. The summed E-state index contributed by atoms with van der Waals surface area (Å²) < 4.78 is 4.88. The fraction of sp³-hybridized carbons (Fsp3) is 0.125. The van der Waals surface area contributed by atoms with Gasteiger partial charge in [0.25, 0.3) is 0 Å².